The molecule has 1 N–H and O–H groups in total. The highest BCUT2D eigenvalue weighted by molar-refractivity contribution is 5.79. The highest BCUT2D eigenvalue weighted by Gasteiger charge is 2.37. The molecule has 0 spiro atoms. The van der Waals surface area contributed by atoms with E-state index in [1.54, 1.807) is 11.9 Å². The summed E-state index contributed by atoms with van der Waals surface area (Å²) in [6.45, 7) is 4.93. The maximum Gasteiger partial charge on any atom is 0.251 e. The fourth-order valence-corrected chi connectivity index (χ4v) is 2.12. The lowest BCUT2D eigenvalue weighted by Crippen LogP contribution is -2.47. The first-order valence-electron chi connectivity index (χ1n) is 6.18. The highest BCUT2D eigenvalue weighted by Crippen LogP contribution is 2.28. The Bertz CT molecular complexity index is 259. The Morgan fingerprint density at radius 3 is 2.29 bits per heavy atom. The van der Waals surface area contributed by atoms with Crippen molar-refractivity contribution in [3.8, 4) is 0 Å². The van der Waals surface area contributed by atoms with Crippen molar-refractivity contribution >= 4 is 5.91 Å². The van der Waals surface area contributed by atoms with Crippen molar-refractivity contribution in [3.63, 3.8) is 0 Å². The second-order valence-corrected chi connectivity index (χ2v) is 5.09. The van der Waals surface area contributed by atoms with Crippen LogP contribution in [0.4, 0.5) is 8.78 Å². The van der Waals surface area contributed by atoms with Crippen molar-refractivity contribution in [3.05, 3.63) is 0 Å². The summed E-state index contributed by atoms with van der Waals surface area (Å²) in [6, 6.07) is 0. The van der Waals surface area contributed by atoms with E-state index in [2.05, 4.69) is 5.32 Å². The summed E-state index contributed by atoms with van der Waals surface area (Å²) < 4.78 is 26.0. The summed E-state index contributed by atoms with van der Waals surface area (Å²) in [5, 5.41) is 2.99. The van der Waals surface area contributed by atoms with E-state index in [-0.39, 0.29) is 43.7 Å². The molecule has 1 amide bonds. The Kier molecular flexibility index (Phi) is 4.86. The quantitative estimate of drug-likeness (QED) is 0.822. The molecule has 0 radical (unpaired) electrons. The Labute approximate surface area is 102 Å². The Morgan fingerprint density at radius 2 is 1.88 bits per heavy atom. The van der Waals surface area contributed by atoms with Crippen LogP contribution in [0.3, 0.4) is 0 Å². The van der Waals surface area contributed by atoms with Crippen LogP contribution in [0.5, 0.6) is 0 Å². The first kappa shape index (κ1) is 14.4. The molecule has 0 aliphatic carbocycles. The van der Waals surface area contributed by atoms with Crippen molar-refractivity contribution in [1.82, 2.24) is 10.2 Å². The van der Waals surface area contributed by atoms with Gasteiger partial charge in [0, 0.05) is 32.5 Å². The van der Waals surface area contributed by atoms with Gasteiger partial charge < -0.3 is 10.2 Å². The molecule has 1 aliphatic heterocycles. The van der Waals surface area contributed by atoms with E-state index in [9.17, 15) is 13.6 Å². The van der Waals surface area contributed by atoms with Gasteiger partial charge in [-0.15, -0.1) is 0 Å². The number of nitrogens with one attached hydrogen (secondary N) is 1. The van der Waals surface area contributed by atoms with E-state index in [1.165, 1.54) is 0 Å². The molecule has 0 aromatic rings. The third-order valence-corrected chi connectivity index (χ3v) is 3.35. The molecule has 1 atom stereocenters. The zero-order valence-corrected chi connectivity index (χ0v) is 10.8. The van der Waals surface area contributed by atoms with Crippen molar-refractivity contribution in [1.29, 1.82) is 0 Å². The van der Waals surface area contributed by atoms with Crippen LogP contribution in [0.25, 0.3) is 0 Å². The number of carbonyl (C=O) groups is 1. The first-order valence-corrected chi connectivity index (χ1v) is 6.18. The Balaban J connectivity index is 2.57. The number of carbonyl (C=O) groups excluding carboxylic acids is 1. The summed E-state index contributed by atoms with van der Waals surface area (Å²) in [4.78, 5) is 13.8. The number of hydrogen-bond donors (Lipinski definition) is 1. The van der Waals surface area contributed by atoms with Gasteiger partial charge in [0.15, 0.2) is 0 Å². The van der Waals surface area contributed by atoms with Gasteiger partial charge in [0.25, 0.3) is 5.92 Å². The van der Waals surface area contributed by atoms with Crippen molar-refractivity contribution in [2.45, 2.75) is 32.6 Å². The lowest BCUT2D eigenvalue weighted by Gasteiger charge is -2.35. The smallest absolute Gasteiger partial charge is 0.251 e. The number of likely N-dealkylation sites (tertiary alicyclic amines) is 1. The predicted molar refractivity (Wildman–Crippen MR) is 63.0 cm³/mol. The van der Waals surface area contributed by atoms with E-state index in [4.69, 9.17) is 0 Å². The zero-order valence-electron chi connectivity index (χ0n) is 10.8. The minimum absolute atomic E-state index is 0.00449. The second kappa shape index (κ2) is 5.76. The van der Waals surface area contributed by atoms with Crippen LogP contribution in [-0.2, 0) is 4.79 Å². The molecule has 5 heteroatoms. The van der Waals surface area contributed by atoms with E-state index in [0.717, 1.165) is 0 Å². The fourth-order valence-electron chi connectivity index (χ4n) is 2.12. The molecule has 0 aromatic carbocycles. The molecule has 0 bridgehead atoms. The lowest BCUT2D eigenvalue weighted by molar-refractivity contribution is -0.142. The molecule has 1 unspecified atom stereocenters. The van der Waals surface area contributed by atoms with Crippen LogP contribution in [-0.4, -0.2) is 43.4 Å². The molecule has 3 nitrogen and oxygen atoms in total. The van der Waals surface area contributed by atoms with Crippen molar-refractivity contribution in [2.75, 3.05) is 26.7 Å². The third kappa shape index (κ3) is 3.91. The third-order valence-electron chi connectivity index (χ3n) is 3.35. The predicted octanol–water partition coefficient (Wildman–Crippen LogP) is 1.74. The number of hydrogen-bond acceptors (Lipinski definition) is 2. The van der Waals surface area contributed by atoms with Crippen LogP contribution >= 0.6 is 0 Å². The zero-order chi connectivity index (χ0) is 13.1. The molecule has 1 rings (SSSR count). The van der Waals surface area contributed by atoms with Gasteiger partial charge in [-0.25, -0.2) is 8.78 Å². The monoisotopic (exact) mass is 248 g/mol. The van der Waals surface area contributed by atoms with Crippen molar-refractivity contribution in [2.24, 2.45) is 11.8 Å². The minimum atomic E-state index is -2.59. The number of halogens is 2. The standard InChI is InChI=1S/C12H22F2N2O/c1-9(2)10(8-15-3)11(17)16-6-4-12(13,14)5-7-16/h9-10,15H,4-8H2,1-3H3. The largest absolute Gasteiger partial charge is 0.342 e. The van der Waals surface area contributed by atoms with Crippen molar-refractivity contribution < 1.29 is 13.6 Å². The minimum Gasteiger partial charge on any atom is -0.342 e. The highest BCUT2D eigenvalue weighted by atomic mass is 19.3. The molecule has 1 aliphatic rings. The number of rotatable bonds is 4. The normalized spacial score (nSPS) is 21.6. The lowest BCUT2D eigenvalue weighted by atomic mass is 9.93. The van der Waals surface area contributed by atoms with Gasteiger partial charge in [0.1, 0.15) is 0 Å². The van der Waals surface area contributed by atoms with Crippen LogP contribution in [0, 0.1) is 11.8 Å². The van der Waals surface area contributed by atoms with E-state index < -0.39 is 5.92 Å². The molecule has 17 heavy (non-hydrogen) atoms. The Morgan fingerprint density at radius 1 is 1.35 bits per heavy atom. The summed E-state index contributed by atoms with van der Waals surface area (Å²) in [5.41, 5.74) is 0. The second-order valence-electron chi connectivity index (χ2n) is 5.09. The van der Waals surface area contributed by atoms with E-state index >= 15 is 0 Å². The molecule has 0 aromatic heterocycles. The summed E-state index contributed by atoms with van der Waals surface area (Å²) in [6.07, 6.45) is -0.410. The van der Waals surface area contributed by atoms with Gasteiger partial charge in [-0.1, -0.05) is 13.8 Å². The number of alkyl halides is 2. The first-order chi connectivity index (χ1) is 7.87. The van der Waals surface area contributed by atoms with E-state index in [1.807, 2.05) is 13.8 Å². The van der Waals surface area contributed by atoms with Gasteiger partial charge in [-0.3, -0.25) is 4.79 Å². The molecule has 1 heterocycles. The topological polar surface area (TPSA) is 32.3 Å². The summed E-state index contributed by atoms with van der Waals surface area (Å²) in [7, 11) is 1.80. The van der Waals surface area contributed by atoms with Gasteiger partial charge in [-0.2, -0.15) is 0 Å². The molecular formula is C12H22F2N2O. The number of nitrogens with zero attached hydrogens (tertiary/aromatic N) is 1. The van der Waals surface area contributed by atoms with Gasteiger partial charge in [0.2, 0.25) is 5.91 Å². The maximum atomic E-state index is 13.0. The summed E-state index contributed by atoms with van der Waals surface area (Å²) in [5.74, 6) is -2.48. The van der Waals surface area contributed by atoms with Crippen LogP contribution in [0.15, 0.2) is 0 Å². The van der Waals surface area contributed by atoms with Gasteiger partial charge in [-0.05, 0) is 13.0 Å². The number of amides is 1. The average Bonchev–Trinajstić information content (AvgIpc) is 2.24. The molecule has 100 valence electrons. The maximum absolute atomic E-state index is 13.0. The Hall–Kier alpha value is -0.710. The van der Waals surface area contributed by atoms with Crippen LogP contribution in [0.2, 0.25) is 0 Å². The molecular weight excluding hydrogens is 226 g/mol. The molecule has 1 fully saturated rings. The average molecular weight is 248 g/mol. The fraction of sp³-hybridized carbons (Fsp3) is 0.917. The van der Waals surface area contributed by atoms with Crippen LogP contribution in [0.1, 0.15) is 26.7 Å². The van der Waals surface area contributed by atoms with Gasteiger partial charge in [0.05, 0.1) is 5.92 Å². The molecule has 0 saturated carbocycles. The SMILES string of the molecule is CNCC(C(=O)N1CCC(F)(F)CC1)C(C)C. The molecule has 1 saturated heterocycles. The number of piperidine rings is 1. The van der Waals surface area contributed by atoms with Crippen LogP contribution < -0.4 is 5.32 Å². The summed E-state index contributed by atoms with van der Waals surface area (Å²) >= 11 is 0. The van der Waals surface area contributed by atoms with Gasteiger partial charge >= 0.3 is 0 Å². The van der Waals surface area contributed by atoms with E-state index in [0.29, 0.717) is 6.54 Å².